The van der Waals surface area contributed by atoms with Gasteiger partial charge in [0, 0.05) is 36.9 Å². The average molecular weight is 494 g/mol. The zero-order valence-electron chi connectivity index (χ0n) is 21.5. The molecular weight excluding hydrogens is 459 g/mol. The molecule has 0 fully saturated rings. The first-order chi connectivity index (χ1) is 16.9. The number of amides is 2. The molecule has 36 heavy (non-hydrogen) atoms. The second-order valence-corrected chi connectivity index (χ2v) is 10.3. The molecule has 0 spiro atoms. The lowest BCUT2D eigenvalue weighted by atomic mass is 9.87. The van der Waals surface area contributed by atoms with Crippen molar-refractivity contribution in [2.45, 2.75) is 46.6 Å². The van der Waals surface area contributed by atoms with Crippen molar-refractivity contribution in [1.82, 2.24) is 14.5 Å². The number of aromatic amines is 1. The third kappa shape index (κ3) is 7.41. The second-order valence-electron chi connectivity index (χ2n) is 10.3. The first-order valence-corrected chi connectivity index (χ1v) is 11.9. The van der Waals surface area contributed by atoms with Crippen LogP contribution in [-0.4, -0.2) is 40.4 Å². The fraction of sp³-hybridized carbons (Fsp3) is 0.357. The molecule has 2 heterocycles. The van der Waals surface area contributed by atoms with Gasteiger partial charge in [0.05, 0.1) is 13.0 Å². The summed E-state index contributed by atoms with van der Waals surface area (Å²) in [6.45, 7) is 6.57. The van der Waals surface area contributed by atoms with E-state index in [0.717, 1.165) is 22.2 Å². The van der Waals surface area contributed by atoms with Crippen LogP contribution >= 0.6 is 0 Å². The molecule has 0 aliphatic heterocycles. The van der Waals surface area contributed by atoms with Crippen LogP contribution < -0.4 is 10.9 Å². The topological polar surface area (TPSA) is 87.2 Å². The summed E-state index contributed by atoms with van der Waals surface area (Å²) in [6.07, 6.45) is 7.95. The maximum atomic E-state index is 14.2. The predicted octanol–water partition coefficient (Wildman–Crippen LogP) is 4.67. The van der Waals surface area contributed by atoms with E-state index in [1.807, 2.05) is 6.07 Å². The highest BCUT2D eigenvalue weighted by atomic mass is 19.1. The summed E-state index contributed by atoms with van der Waals surface area (Å²) < 4.78 is 15.7. The van der Waals surface area contributed by atoms with Crippen molar-refractivity contribution in [2.24, 2.45) is 5.41 Å². The van der Waals surface area contributed by atoms with E-state index in [4.69, 9.17) is 0 Å². The lowest BCUT2D eigenvalue weighted by Gasteiger charge is -2.18. The fourth-order valence-electron chi connectivity index (χ4n) is 3.90. The largest absolute Gasteiger partial charge is 0.357 e. The molecule has 7 nitrogen and oxygen atoms in total. The summed E-state index contributed by atoms with van der Waals surface area (Å²) in [7, 11) is 3.34. The van der Waals surface area contributed by atoms with E-state index < -0.39 is 0 Å². The third-order valence-electron chi connectivity index (χ3n) is 5.53. The van der Waals surface area contributed by atoms with Crippen LogP contribution in [0.2, 0.25) is 0 Å². The van der Waals surface area contributed by atoms with Crippen molar-refractivity contribution in [2.75, 3.05) is 19.4 Å². The Labute approximate surface area is 211 Å². The molecule has 1 radical (unpaired) electrons. The molecule has 191 valence electrons. The Balaban J connectivity index is 1.68. The molecule has 0 bridgehead atoms. The number of hydrogen-bond acceptors (Lipinski definition) is 3. The number of rotatable bonds is 9. The smallest absolute Gasteiger partial charge is 0.274 e. The number of carbonyl (C=O) groups excluding carboxylic acids is 2. The molecule has 0 atom stereocenters. The van der Waals surface area contributed by atoms with E-state index in [1.165, 1.54) is 28.0 Å². The van der Waals surface area contributed by atoms with Crippen LogP contribution in [0.1, 0.15) is 44.9 Å². The number of H-pyrrole nitrogens is 1. The molecule has 8 heteroatoms. The Bertz CT molecular complexity index is 1330. The molecule has 0 aliphatic rings. The number of aromatic nitrogens is 2. The highest BCUT2D eigenvalue weighted by Gasteiger charge is 2.16. The molecule has 2 N–H and O–H groups in total. The van der Waals surface area contributed by atoms with Crippen LogP contribution in [0, 0.1) is 17.7 Å². The van der Waals surface area contributed by atoms with Crippen molar-refractivity contribution >= 4 is 28.4 Å². The number of halogens is 1. The van der Waals surface area contributed by atoms with E-state index >= 15 is 0 Å². The van der Waals surface area contributed by atoms with E-state index in [0.29, 0.717) is 19.3 Å². The van der Waals surface area contributed by atoms with Gasteiger partial charge in [0.2, 0.25) is 11.8 Å². The second kappa shape index (κ2) is 11.4. The molecule has 1 aromatic carbocycles. The lowest BCUT2D eigenvalue weighted by Crippen LogP contribution is -2.26. The van der Waals surface area contributed by atoms with Gasteiger partial charge in [-0.3, -0.25) is 14.4 Å². The summed E-state index contributed by atoms with van der Waals surface area (Å²) in [5.41, 5.74) is 2.36. The molecule has 3 rings (SSSR count). The highest BCUT2D eigenvalue weighted by Crippen LogP contribution is 2.28. The van der Waals surface area contributed by atoms with Crippen LogP contribution in [0.4, 0.5) is 10.1 Å². The number of nitrogens with one attached hydrogen (secondary N) is 2. The minimum atomic E-state index is -0.384. The zero-order chi connectivity index (χ0) is 26.5. The third-order valence-corrected chi connectivity index (χ3v) is 5.53. The number of allylic oxidation sites excluding steroid dienone is 1. The van der Waals surface area contributed by atoms with Crippen molar-refractivity contribution in [1.29, 1.82) is 0 Å². The van der Waals surface area contributed by atoms with Gasteiger partial charge in [0.25, 0.3) is 5.56 Å². The summed E-state index contributed by atoms with van der Waals surface area (Å²) in [5.74, 6) is -0.787. The highest BCUT2D eigenvalue weighted by molar-refractivity contribution is 5.96. The Hall–Kier alpha value is -3.68. The SMILES string of the molecule is CN(C)C(=O)/C=C/CC[CH]C(=O)Nc1cccn(Cc2cc3cc(F)cc(CC(C)(C)C)c3[nH]2)c1=O. The number of likely N-dealkylation sites (N-methyl/N-ethyl adjacent to an activating group) is 1. The van der Waals surface area contributed by atoms with Gasteiger partial charge in [-0.1, -0.05) is 26.8 Å². The molecule has 2 aromatic heterocycles. The molecule has 0 aliphatic carbocycles. The minimum absolute atomic E-state index is 0.00751. The maximum Gasteiger partial charge on any atom is 0.274 e. The Morgan fingerprint density at radius 3 is 2.61 bits per heavy atom. The molecule has 2 amide bonds. The van der Waals surface area contributed by atoms with Gasteiger partial charge in [0.15, 0.2) is 0 Å². The van der Waals surface area contributed by atoms with Gasteiger partial charge in [-0.2, -0.15) is 0 Å². The van der Waals surface area contributed by atoms with Gasteiger partial charge in [-0.25, -0.2) is 4.39 Å². The number of unbranched alkanes of at least 4 members (excludes halogenated alkanes) is 1. The van der Waals surface area contributed by atoms with Crippen LogP contribution in [0.3, 0.4) is 0 Å². The lowest BCUT2D eigenvalue weighted by molar-refractivity contribution is -0.123. The summed E-state index contributed by atoms with van der Waals surface area (Å²) in [6, 6.07) is 8.15. The summed E-state index contributed by atoms with van der Waals surface area (Å²) in [5, 5.41) is 3.40. The monoisotopic (exact) mass is 493 g/mol. The van der Waals surface area contributed by atoms with Gasteiger partial charge >= 0.3 is 0 Å². The van der Waals surface area contributed by atoms with Gasteiger partial charge < -0.3 is 19.8 Å². The van der Waals surface area contributed by atoms with Crippen LogP contribution in [-0.2, 0) is 22.6 Å². The summed E-state index contributed by atoms with van der Waals surface area (Å²) in [4.78, 5) is 41.6. The first-order valence-electron chi connectivity index (χ1n) is 11.9. The molecule has 0 unspecified atom stereocenters. The Morgan fingerprint density at radius 2 is 1.92 bits per heavy atom. The first kappa shape index (κ1) is 26.9. The van der Waals surface area contributed by atoms with E-state index in [9.17, 15) is 18.8 Å². The van der Waals surface area contributed by atoms with Crippen LogP contribution in [0.5, 0.6) is 0 Å². The quantitative estimate of drug-likeness (QED) is 0.335. The zero-order valence-corrected chi connectivity index (χ0v) is 21.5. The molecular formula is C28H34FN4O3. The standard InChI is InChI=1S/C28H34FN4O3/c1-28(2,3)17-20-15-21(29)14-19-16-22(30-26(19)20)18-33-13-9-10-23(27(33)36)31-24(34)11-7-6-8-12-25(35)32(4)5/h8-16,30H,6-7,17-18H2,1-5H3,(H,31,34)/b12-8+. The maximum absolute atomic E-state index is 14.2. The number of nitrogens with zero attached hydrogens (tertiary/aromatic N) is 2. The number of hydrogen-bond donors (Lipinski definition) is 2. The Kier molecular flexibility index (Phi) is 8.50. The van der Waals surface area contributed by atoms with E-state index in [2.05, 4.69) is 31.1 Å². The average Bonchev–Trinajstić information content (AvgIpc) is 3.17. The van der Waals surface area contributed by atoms with Crippen molar-refractivity contribution in [3.05, 3.63) is 82.5 Å². The normalized spacial score (nSPS) is 11.8. The van der Waals surface area contributed by atoms with E-state index in [1.54, 1.807) is 44.6 Å². The number of fused-ring (bicyclic) bond motifs is 1. The molecule has 0 saturated carbocycles. The van der Waals surface area contributed by atoms with Crippen LogP contribution in [0.15, 0.2) is 53.5 Å². The van der Waals surface area contributed by atoms with Crippen LogP contribution in [0.25, 0.3) is 10.9 Å². The van der Waals surface area contributed by atoms with Gasteiger partial charge in [-0.15, -0.1) is 0 Å². The fourth-order valence-corrected chi connectivity index (χ4v) is 3.90. The number of benzene rings is 1. The van der Waals surface area contributed by atoms with Gasteiger partial charge in [0.1, 0.15) is 11.5 Å². The minimum Gasteiger partial charge on any atom is -0.357 e. The predicted molar refractivity (Wildman–Crippen MR) is 141 cm³/mol. The number of pyridine rings is 1. The number of carbonyl (C=O) groups is 2. The van der Waals surface area contributed by atoms with Crippen molar-refractivity contribution < 1.29 is 14.0 Å². The van der Waals surface area contributed by atoms with Crippen molar-refractivity contribution in [3.63, 3.8) is 0 Å². The molecule has 3 aromatic rings. The van der Waals surface area contributed by atoms with Crippen molar-refractivity contribution in [3.8, 4) is 0 Å². The summed E-state index contributed by atoms with van der Waals surface area (Å²) >= 11 is 0. The van der Waals surface area contributed by atoms with E-state index in [-0.39, 0.29) is 40.8 Å². The Morgan fingerprint density at radius 1 is 1.17 bits per heavy atom. The molecule has 0 saturated heterocycles. The number of anilines is 1. The van der Waals surface area contributed by atoms with Gasteiger partial charge in [-0.05, 0) is 66.6 Å².